The number of esters is 2. The topological polar surface area (TPSA) is 163 Å². The number of fused-ring (bicyclic) bond motifs is 1. The molecule has 0 saturated heterocycles. The Hall–Kier alpha value is -3.63. The number of ether oxygens (including phenoxy) is 4. The molecule has 2 N–H and O–H groups in total. The lowest BCUT2D eigenvalue weighted by Crippen LogP contribution is -2.54. The first-order valence-corrected chi connectivity index (χ1v) is 21.6. The number of ketones is 1. The standard InChI is InChI=1S/C48H78O11/c1-17-18-19-20-21-32(3)59-39(51)35(42(5,6)25-31(2)38(50)56-27-34-22-23-36-37(24-34)58-30-57-36)26-43(7,8)47(15,40(52)53)29-45(11,12)48(16,41(54)55)28-44(9,10)46(13,14)33(4)49/h22-24,31-32,35H,17-21,25-30H2,1-16H3,(H,52,53)(H,54,55). The second-order valence-electron chi connectivity index (χ2n) is 21.2. The van der Waals surface area contributed by atoms with E-state index in [-0.39, 0.29) is 51.0 Å². The van der Waals surface area contributed by atoms with Crippen LogP contribution < -0.4 is 9.47 Å². The van der Waals surface area contributed by atoms with E-state index < -0.39 is 73.6 Å². The molecular weight excluding hydrogens is 753 g/mol. The summed E-state index contributed by atoms with van der Waals surface area (Å²) in [4.78, 5) is 67.7. The van der Waals surface area contributed by atoms with Gasteiger partial charge in [0, 0.05) is 5.41 Å². The number of carboxylic acids is 2. The van der Waals surface area contributed by atoms with E-state index in [1.54, 1.807) is 52.8 Å². The third-order valence-electron chi connectivity index (χ3n) is 14.9. The molecule has 0 fully saturated rings. The van der Waals surface area contributed by atoms with Crippen molar-refractivity contribution in [3.8, 4) is 11.5 Å². The van der Waals surface area contributed by atoms with E-state index in [2.05, 4.69) is 6.92 Å². The summed E-state index contributed by atoms with van der Waals surface area (Å²) in [5.41, 5.74) is -6.92. The van der Waals surface area contributed by atoms with Gasteiger partial charge in [-0.3, -0.25) is 24.0 Å². The molecule has 59 heavy (non-hydrogen) atoms. The Bertz CT molecular complexity index is 1650. The quantitative estimate of drug-likeness (QED) is 0.0712. The van der Waals surface area contributed by atoms with Crippen LogP contribution >= 0.6 is 0 Å². The zero-order valence-electron chi connectivity index (χ0n) is 39.3. The van der Waals surface area contributed by atoms with Gasteiger partial charge in [-0.2, -0.15) is 0 Å². The predicted molar refractivity (Wildman–Crippen MR) is 229 cm³/mol. The highest BCUT2D eigenvalue weighted by Crippen LogP contribution is 2.60. The van der Waals surface area contributed by atoms with Gasteiger partial charge in [0.05, 0.1) is 28.8 Å². The molecule has 0 aliphatic carbocycles. The minimum absolute atomic E-state index is 0.0275. The first-order chi connectivity index (χ1) is 26.8. The number of aliphatic carboxylic acids is 2. The lowest BCUT2D eigenvalue weighted by atomic mass is 9.48. The van der Waals surface area contributed by atoms with Crippen LogP contribution in [0.5, 0.6) is 11.5 Å². The van der Waals surface area contributed by atoms with Crippen LogP contribution in [0.1, 0.15) is 174 Å². The van der Waals surface area contributed by atoms with Gasteiger partial charge in [-0.05, 0) is 106 Å². The van der Waals surface area contributed by atoms with Crippen LogP contribution in [-0.4, -0.2) is 52.8 Å². The summed E-state index contributed by atoms with van der Waals surface area (Å²) in [5.74, 6) is -3.38. The molecule has 1 heterocycles. The highest BCUT2D eigenvalue weighted by molar-refractivity contribution is 5.83. The molecule has 1 aromatic carbocycles. The predicted octanol–water partition coefficient (Wildman–Crippen LogP) is 11.1. The summed E-state index contributed by atoms with van der Waals surface area (Å²) in [7, 11) is 0. The van der Waals surface area contributed by atoms with Crippen LogP contribution in [0.2, 0.25) is 0 Å². The zero-order chi connectivity index (χ0) is 45.6. The number of carbonyl (C=O) groups is 5. The fraction of sp³-hybridized carbons (Fsp3) is 0.771. The third-order valence-corrected chi connectivity index (χ3v) is 14.9. The minimum Gasteiger partial charge on any atom is -0.481 e. The third kappa shape index (κ3) is 12.0. The molecule has 2 rings (SSSR count). The Morgan fingerprint density at radius 1 is 0.712 bits per heavy atom. The number of unbranched alkanes of at least 4 members (excludes halogenated alkanes) is 3. The number of rotatable bonds is 25. The molecule has 0 aromatic heterocycles. The normalized spacial score (nSPS) is 17.2. The van der Waals surface area contributed by atoms with Crippen molar-refractivity contribution in [3.05, 3.63) is 23.8 Å². The lowest BCUT2D eigenvalue weighted by Gasteiger charge is -2.54. The van der Waals surface area contributed by atoms with E-state index in [0.29, 0.717) is 17.9 Å². The Morgan fingerprint density at radius 3 is 1.80 bits per heavy atom. The van der Waals surface area contributed by atoms with Gasteiger partial charge in [-0.1, -0.05) is 108 Å². The van der Waals surface area contributed by atoms with E-state index in [9.17, 15) is 34.2 Å². The SMILES string of the molecule is CCCCCCC(C)OC(=O)C(CC(C)(C)C(C)(CC(C)(C)C(C)(CC(C)(C)C(C)(C)C(C)=O)C(=O)O)C(=O)O)C(C)(C)CC(C)C(=O)OCc1ccc2c(c1)OCO2. The van der Waals surface area contributed by atoms with Crippen molar-refractivity contribution in [2.24, 2.45) is 49.7 Å². The second-order valence-corrected chi connectivity index (χ2v) is 21.2. The van der Waals surface area contributed by atoms with Crippen LogP contribution in [0.25, 0.3) is 0 Å². The zero-order valence-corrected chi connectivity index (χ0v) is 39.3. The first-order valence-electron chi connectivity index (χ1n) is 21.6. The highest BCUT2D eigenvalue weighted by Gasteiger charge is 2.60. The summed E-state index contributed by atoms with van der Waals surface area (Å²) < 4.78 is 22.7. The van der Waals surface area contributed by atoms with Crippen molar-refractivity contribution in [3.63, 3.8) is 0 Å². The van der Waals surface area contributed by atoms with Crippen LogP contribution in [-0.2, 0) is 40.1 Å². The maximum absolute atomic E-state index is 14.4. The van der Waals surface area contributed by atoms with E-state index in [4.69, 9.17) is 18.9 Å². The number of Topliss-reactive ketones (excluding diaryl/α,β-unsaturated/α-hetero) is 1. The van der Waals surface area contributed by atoms with Gasteiger partial charge < -0.3 is 29.2 Å². The molecule has 0 amide bonds. The number of hydrogen-bond acceptors (Lipinski definition) is 9. The lowest BCUT2D eigenvalue weighted by molar-refractivity contribution is -0.177. The van der Waals surface area contributed by atoms with E-state index in [1.165, 1.54) is 6.92 Å². The average molecular weight is 831 g/mol. The van der Waals surface area contributed by atoms with E-state index in [1.807, 2.05) is 62.3 Å². The van der Waals surface area contributed by atoms with Crippen molar-refractivity contribution in [2.75, 3.05) is 6.79 Å². The molecule has 0 radical (unpaired) electrons. The van der Waals surface area contributed by atoms with Crippen molar-refractivity contribution < 1.29 is 53.1 Å². The van der Waals surface area contributed by atoms with Crippen LogP contribution in [0, 0.1) is 49.7 Å². The molecule has 1 aliphatic heterocycles. The summed E-state index contributed by atoms with van der Waals surface area (Å²) >= 11 is 0. The fourth-order valence-electron chi connectivity index (χ4n) is 8.82. The van der Waals surface area contributed by atoms with Gasteiger partial charge >= 0.3 is 23.9 Å². The monoisotopic (exact) mass is 831 g/mol. The summed E-state index contributed by atoms with van der Waals surface area (Å²) in [6, 6.07) is 5.35. The van der Waals surface area contributed by atoms with Crippen molar-refractivity contribution in [1.82, 2.24) is 0 Å². The average Bonchev–Trinajstić information content (AvgIpc) is 3.58. The molecule has 1 aliphatic rings. The molecule has 11 heteroatoms. The summed E-state index contributed by atoms with van der Waals surface area (Å²) in [6.07, 6.45) is 4.84. The Labute approximate surface area is 355 Å². The van der Waals surface area contributed by atoms with E-state index >= 15 is 0 Å². The second kappa shape index (κ2) is 19.4. The molecule has 5 atom stereocenters. The molecule has 0 spiro atoms. The van der Waals surface area contributed by atoms with Gasteiger partial charge in [-0.25, -0.2) is 0 Å². The fourth-order valence-corrected chi connectivity index (χ4v) is 8.82. The van der Waals surface area contributed by atoms with Gasteiger partial charge in [0.15, 0.2) is 11.5 Å². The molecule has 0 bridgehead atoms. The minimum atomic E-state index is -1.54. The molecular formula is C48H78O11. The largest absolute Gasteiger partial charge is 0.481 e. The Kier molecular flexibility index (Phi) is 16.9. The number of hydrogen-bond donors (Lipinski definition) is 2. The number of carbonyl (C=O) groups excluding carboxylic acids is 3. The summed E-state index contributed by atoms with van der Waals surface area (Å²) in [5, 5.41) is 22.1. The molecule has 5 unspecified atom stereocenters. The van der Waals surface area contributed by atoms with Gasteiger partial charge in [-0.15, -0.1) is 0 Å². The molecule has 336 valence electrons. The van der Waals surface area contributed by atoms with Crippen molar-refractivity contribution in [1.29, 1.82) is 0 Å². The maximum Gasteiger partial charge on any atom is 0.309 e. The van der Waals surface area contributed by atoms with Crippen molar-refractivity contribution in [2.45, 2.75) is 181 Å². The summed E-state index contributed by atoms with van der Waals surface area (Å²) in [6.45, 7) is 29.2. The van der Waals surface area contributed by atoms with Crippen molar-refractivity contribution >= 4 is 29.7 Å². The number of carboxylic acid groups (broad SMARTS) is 2. The Morgan fingerprint density at radius 2 is 1.25 bits per heavy atom. The van der Waals surface area contributed by atoms with Gasteiger partial charge in [0.1, 0.15) is 12.4 Å². The van der Waals surface area contributed by atoms with E-state index in [0.717, 1.165) is 31.2 Å². The smallest absolute Gasteiger partial charge is 0.309 e. The molecule has 0 saturated carbocycles. The highest BCUT2D eigenvalue weighted by atomic mass is 16.7. The maximum atomic E-state index is 14.4. The van der Waals surface area contributed by atoms with Crippen LogP contribution in [0.3, 0.4) is 0 Å². The number of benzene rings is 1. The van der Waals surface area contributed by atoms with Crippen LogP contribution in [0.15, 0.2) is 18.2 Å². The van der Waals surface area contributed by atoms with Crippen LogP contribution in [0.4, 0.5) is 0 Å². The molecule has 11 nitrogen and oxygen atoms in total. The molecule has 1 aromatic rings. The first kappa shape index (κ1) is 51.5. The van der Waals surface area contributed by atoms with Gasteiger partial charge in [0.25, 0.3) is 0 Å². The van der Waals surface area contributed by atoms with Gasteiger partial charge in [0.2, 0.25) is 6.79 Å². The Balaban J connectivity index is 2.52.